The number of aliphatic imine (C=N–C) groups is 1. The van der Waals surface area contributed by atoms with Crippen molar-refractivity contribution in [3.8, 4) is 11.5 Å². The average molecular weight is 1590 g/mol. The van der Waals surface area contributed by atoms with Gasteiger partial charge in [0.15, 0.2) is 5.66 Å². The molecule has 0 radical (unpaired) electrons. The second-order valence-electron chi connectivity index (χ2n) is 31.4. The number of aromatic nitrogens is 3. The lowest BCUT2D eigenvalue weighted by atomic mass is 9.85. The van der Waals surface area contributed by atoms with Crippen molar-refractivity contribution < 1.29 is 75.7 Å². The molecular weight excluding hydrogens is 1500 g/mol. The number of sulfonamides is 1. The number of carbonyl (C=O) groups is 10. The van der Waals surface area contributed by atoms with Crippen LogP contribution in [0.1, 0.15) is 108 Å². The van der Waals surface area contributed by atoms with E-state index in [1.165, 1.54) is 27.6 Å². The lowest BCUT2D eigenvalue weighted by Gasteiger charge is -2.36. The van der Waals surface area contributed by atoms with Crippen LogP contribution in [0, 0.1) is 5.41 Å². The molecule has 1 aromatic heterocycles. The highest BCUT2D eigenvalue weighted by Crippen LogP contribution is 2.53. The summed E-state index contributed by atoms with van der Waals surface area (Å²) in [5.74, 6) is -7.89. The first-order valence-corrected chi connectivity index (χ1v) is 40.1. The van der Waals surface area contributed by atoms with Crippen molar-refractivity contribution in [3.05, 3.63) is 180 Å². The van der Waals surface area contributed by atoms with Crippen LogP contribution in [0.5, 0.6) is 11.5 Å². The number of likely N-dealkylation sites (tertiary alicyclic amines) is 2. The van der Waals surface area contributed by atoms with Crippen molar-refractivity contribution in [3.63, 3.8) is 0 Å². The van der Waals surface area contributed by atoms with Gasteiger partial charge in [0.1, 0.15) is 78.2 Å². The Morgan fingerprint density at radius 3 is 1.91 bits per heavy atom. The summed E-state index contributed by atoms with van der Waals surface area (Å²) in [6.07, 6.45) is 3.86. The fraction of sp³-hybridized carbons (Fsp3) is 0.434. The molecule has 115 heavy (non-hydrogen) atoms. The van der Waals surface area contributed by atoms with Gasteiger partial charge < -0.3 is 71.7 Å². The van der Waals surface area contributed by atoms with Crippen LogP contribution in [0.15, 0.2) is 157 Å². The molecule has 32 heteroatoms. The van der Waals surface area contributed by atoms with E-state index in [-0.39, 0.29) is 82.9 Å². The van der Waals surface area contributed by atoms with E-state index in [0.717, 1.165) is 21.5 Å². The lowest BCUT2D eigenvalue weighted by Crippen LogP contribution is -2.61. The molecule has 10 N–H and O–H groups in total. The number of carbonyl (C=O) groups excluding carboxylic acids is 9. The van der Waals surface area contributed by atoms with Gasteiger partial charge in [-0.25, -0.2) is 17.9 Å². The fourth-order valence-corrected chi connectivity index (χ4v) is 16.1. The van der Waals surface area contributed by atoms with Gasteiger partial charge in [0.05, 0.1) is 42.8 Å². The largest absolute Gasteiger partial charge is 0.490 e. The fourth-order valence-electron chi connectivity index (χ4n) is 14.8. The molecule has 9 amide bonds. The second kappa shape index (κ2) is 35.1. The quantitative estimate of drug-likeness (QED) is 0.0489. The van der Waals surface area contributed by atoms with E-state index in [1.807, 2.05) is 78.9 Å². The smallest absolute Gasteiger partial charge is 0.326 e. The first-order valence-electron chi connectivity index (χ1n) is 38.5. The van der Waals surface area contributed by atoms with Crippen molar-refractivity contribution in [1.82, 2.24) is 72.1 Å². The van der Waals surface area contributed by atoms with Gasteiger partial charge in [-0.3, -0.25) is 52.9 Å². The predicted octanol–water partition coefficient (Wildman–Crippen LogP) is 3.52. The third kappa shape index (κ3) is 19.5. The van der Waals surface area contributed by atoms with Gasteiger partial charge in [0.2, 0.25) is 57.3 Å². The number of nitrogens with zero attached hydrogens (tertiary/aromatic N) is 6. The molecule has 1 unspecified atom stereocenters. The Kier molecular flexibility index (Phi) is 25.3. The molecule has 13 atom stereocenters. The van der Waals surface area contributed by atoms with E-state index in [2.05, 4.69) is 69.3 Å². The van der Waals surface area contributed by atoms with E-state index in [4.69, 9.17) is 14.2 Å². The average Bonchev–Trinajstić information content (AvgIpc) is 1.56. The molecule has 31 nitrogen and oxygen atoms in total. The number of carboxylic acids is 1. The second-order valence-corrected chi connectivity index (χ2v) is 33.4. The van der Waals surface area contributed by atoms with E-state index in [9.17, 15) is 42.3 Å². The summed E-state index contributed by atoms with van der Waals surface area (Å²) in [5, 5.41) is 45.1. The molecular formula is C83H99N15O16S. The summed E-state index contributed by atoms with van der Waals surface area (Å²) in [6.45, 7) is 13.3. The van der Waals surface area contributed by atoms with Gasteiger partial charge in [-0.15, -0.1) is 5.10 Å². The van der Waals surface area contributed by atoms with Crippen LogP contribution in [0.4, 0.5) is 0 Å². The Morgan fingerprint density at radius 1 is 0.678 bits per heavy atom. The Morgan fingerprint density at radius 2 is 1.29 bits per heavy atom. The zero-order chi connectivity index (χ0) is 82.3. The van der Waals surface area contributed by atoms with E-state index < -0.39 is 157 Å². The van der Waals surface area contributed by atoms with Gasteiger partial charge in [0, 0.05) is 44.6 Å². The maximum absolute atomic E-state index is 15.5. The molecule has 7 aromatic rings. The summed E-state index contributed by atoms with van der Waals surface area (Å²) in [7, 11) is -1.00. The maximum atomic E-state index is 15.5. The Bertz CT molecular complexity index is 4990. The minimum absolute atomic E-state index is 0.0118. The van der Waals surface area contributed by atoms with Crippen LogP contribution in [-0.4, -0.2) is 216 Å². The molecule has 608 valence electrons. The van der Waals surface area contributed by atoms with E-state index >= 15 is 19.2 Å². The highest BCUT2D eigenvalue weighted by atomic mass is 32.2. The number of rotatable bonds is 16. The molecule has 2 saturated heterocycles. The third-order valence-corrected chi connectivity index (χ3v) is 23.9. The van der Waals surface area contributed by atoms with Gasteiger partial charge in [-0.2, -0.15) is 0 Å². The molecule has 2 aliphatic carbocycles. The topological polar surface area (TPSA) is 411 Å². The number of amides is 9. The Hall–Kier alpha value is -11.5. The first kappa shape index (κ1) is 83.0. The van der Waals surface area contributed by atoms with Gasteiger partial charge in [-0.1, -0.05) is 141 Å². The van der Waals surface area contributed by atoms with Gasteiger partial charge in [0.25, 0.3) is 5.91 Å². The summed E-state index contributed by atoms with van der Waals surface area (Å²) >= 11 is 0. The SMILES string of the molecule is C=N[C@@]12C[C@@H](C(=O)N[C@@H](Cc3ccc4ccccc4c3)C(=O)N[C@H](C(=O)O)Cc3ccc(cc3)OCC=CCO[C@H]3C[C@@H](C(=O)NC4(C[C@H]4c4ccc5ccccc5c4)C(=O)N[C@H](C(=O)NS(=O)(=O)C4CC4)Cc4ccc(cc4)OCc4cn1nn4)N(C(=O)[C@H](C)NC(=O)[C@H](C)NC)C3)N(C(=O)[C@@H](NC(=O)[C@H](C)NC)C(C)(C)C)C2. The monoisotopic (exact) mass is 1590 g/mol. The number of nitrogens with one attached hydrogen (secondary N) is 9. The van der Waals surface area contributed by atoms with Crippen molar-refractivity contribution >= 4 is 97.4 Å². The van der Waals surface area contributed by atoms with Crippen molar-refractivity contribution in [2.75, 3.05) is 40.4 Å². The standard InChI is InChI=1S/C83H99N15O16S/c1-48(84-7)71(99)87-50(3)77(105)96-45-62-41-68(96)76(104)92-83(42-64(83)58-27-26-55-17-11-13-19-57(55)40-58)80(109)90-66(74(102)94-115(110,111)63-32-33-63)37-51-23-30-61(31-24-51)114-46-59-44-98(95-93-59)82(86-9)43-69(97(47-82)78(106)70(81(4,5)6)91-72(100)49(2)85-8)75(103)88-65(39-53-20-25-54-16-10-12-18-56(54)36-53)73(101)89-67(79(107)108)38-52-21-28-60(29-22-52)112-34-14-15-35-113-62/h10-31,36,40,44,48-50,62-70,84-85H,9,32-35,37-39,41-43,45-47H2,1-8H3,(H,87,99)(H,88,103)(H,89,101)(H,90,109)(H,91,100)(H,92,104)(H,94,102)(H,107,108)/t48-,49-,50-,62-,64-,65-,66-,67-,68-,69-,70+,82-,83?/m0/s1. The van der Waals surface area contributed by atoms with Crippen LogP contribution in [-0.2, 0) is 94.2 Å². The lowest BCUT2D eigenvalue weighted by molar-refractivity contribution is -0.145. The summed E-state index contributed by atoms with van der Waals surface area (Å²) in [5.41, 5.74) is -1.91. The number of hydrogen-bond donors (Lipinski definition) is 10. The van der Waals surface area contributed by atoms with Crippen LogP contribution < -0.4 is 56.7 Å². The Labute approximate surface area is 666 Å². The molecule has 15 rings (SSSR count). The molecule has 4 fully saturated rings. The molecule has 1 spiro atoms. The third-order valence-electron chi connectivity index (χ3n) is 22.1. The van der Waals surface area contributed by atoms with Crippen LogP contribution in [0.25, 0.3) is 21.5 Å². The number of hydrogen-bond acceptors (Lipinski definition) is 20. The van der Waals surface area contributed by atoms with Crippen molar-refractivity contribution in [2.45, 2.75) is 182 Å². The zero-order valence-corrected chi connectivity index (χ0v) is 66.2. The van der Waals surface area contributed by atoms with Crippen LogP contribution >= 0.6 is 0 Å². The van der Waals surface area contributed by atoms with Crippen LogP contribution in [0.3, 0.4) is 0 Å². The van der Waals surface area contributed by atoms with Crippen molar-refractivity contribution in [1.29, 1.82) is 0 Å². The highest BCUT2D eigenvalue weighted by Gasteiger charge is 2.63. The molecule has 10 bridgehead atoms. The van der Waals surface area contributed by atoms with E-state index in [0.29, 0.717) is 40.8 Å². The van der Waals surface area contributed by atoms with E-state index in [1.54, 1.807) is 115 Å². The molecule has 7 heterocycles. The number of carboxylic acid groups (broad SMARTS) is 1. The summed E-state index contributed by atoms with van der Waals surface area (Å²) in [4.78, 5) is 153. The number of aliphatic carboxylic acids is 1. The highest BCUT2D eigenvalue weighted by molar-refractivity contribution is 7.91. The first-order chi connectivity index (χ1) is 54.9. The zero-order valence-electron chi connectivity index (χ0n) is 65.4. The number of benzene rings is 6. The molecule has 6 aliphatic heterocycles. The number of likely N-dealkylation sites (N-methyl/N-ethyl adjacent to an activating group) is 2. The maximum Gasteiger partial charge on any atom is 0.326 e. The minimum Gasteiger partial charge on any atom is -0.490 e. The normalized spacial score (nSPS) is 24.4. The molecule has 6 aromatic carbocycles. The van der Waals surface area contributed by atoms with Gasteiger partial charge in [-0.05, 0) is 140 Å². The van der Waals surface area contributed by atoms with Crippen molar-refractivity contribution in [2.24, 2.45) is 10.4 Å². The summed E-state index contributed by atoms with van der Waals surface area (Å²) in [6, 6.07) is 28.2. The molecule has 8 aliphatic rings. The van der Waals surface area contributed by atoms with Crippen LogP contribution in [0.2, 0.25) is 0 Å². The number of fused-ring (bicyclic) bond motifs is 2. The number of ether oxygens (including phenoxy) is 3. The minimum atomic E-state index is -4.19. The predicted molar refractivity (Wildman–Crippen MR) is 426 cm³/mol. The Balaban J connectivity index is 0.877. The summed E-state index contributed by atoms with van der Waals surface area (Å²) < 4.78 is 49.3. The molecule has 2 saturated carbocycles. The van der Waals surface area contributed by atoms with Gasteiger partial charge >= 0.3 is 5.97 Å².